The van der Waals surface area contributed by atoms with Gasteiger partial charge in [0.15, 0.2) is 0 Å². The lowest BCUT2D eigenvalue weighted by atomic mass is 10.0. The average Bonchev–Trinajstić information content (AvgIpc) is 3.17. The molecule has 1 aliphatic heterocycles. The molecule has 0 saturated carbocycles. The van der Waals surface area contributed by atoms with E-state index in [-0.39, 0.29) is 12.1 Å². The largest absolute Gasteiger partial charge is 0.491 e. The Kier molecular flexibility index (Phi) is 6.36. The molecule has 4 nitrogen and oxygen atoms in total. The van der Waals surface area contributed by atoms with E-state index in [4.69, 9.17) is 9.47 Å². The van der Waals surface area contributed by atoms with Gasteiger partial charge in [0, 0.05) is 23.6 Å². The molecule has 2 aromatic carbocycles. The van der Waals surface area contributed by atoms with Gasteiger partial charge < -0.3 is 14.6 Å². The van der Waals surface area contributed by atoms with Crippen LogP contribution >= 0.6 is 15.9 Å². The van der Waals surface area contributed by atoms with E-state index in [0.717, 1.165) is 23.2 Å². The van der Waals surface area contributed by atoms with Crippen LogP contribution in [0.2, 0.25) is 0 Å². The van der Waals surface area contributed by atoms with Gasteiger partial charge in [0.2, 0.25) is 0 Å². The predicted molar refractivity (Wildman–Crippen MR) is 114 cm³/mol. The number of hydrogen-bond donors (Lipinski definition) is 1. The third-order valence-corrected chi connectivity index (χ3v) is 6.37. The maximum atomic E-state index is 10.6. The van der Waals surface area contributed by atoms with Crippen molar-refractivity contribution in [2.45, 2.75) is 44.4 Å². The molecule has 5 heteroatoms. The van der Waals surface area contributed by atoms with Crippen LogP contribution in [-0.4, -0.2) is 48.5 Å². The number of aryl methyl sites for hydroxylation is 2. The fourth-order valence-electron chi connectivity index (χ4n) is 4.27. The lowest BCUT2D eigenvalue weighted by Crippen LogP contribution is -2.49. The summed E-state index contributed by atoms with van der Waals surface area (Å²) in [5.41, 5.74) is 4.00. The first-order chi connectivity index (χ1) is 13.6. The second kappa shape index (κ2) is 8.95. The molecule has 0 amide bonds. The quantitative estimate of drug-likeness (QED) is 0.725. The molecule has 1 aliphatic carbocycles. The van der Waals surface area contributed by atoms with Crippen LogP contribution in [-0.2, 0) is 17.6 Å². The maximum Gasteiger partial charge on any atom is 0.119 e. The van der Waals surface area contributed by atoms with Crippen LogP contribution in [0, 0.1) is 0 Å². The van der Waals surface area contributed by atoms with Crippen LogP contribution in [0.25, 0.3) is 0 Å². The summed E-state index contributed by atoms with van der Waals surface area (Å²) in [5.74, 6) is 0.863. The van der Waals surface area contributed by atoms with Gasteiger partial charge in [-0.15, -0.1) is 0 Å². The normalized spacial score (nSPS) is 23.4. The first-order valence-electron chi connectivity index (χ1n) is 10.1. The molecular weight excluding hydrogens is 418 g/mol. The average molecular weight is 446 g/mol. The van der Waals surface area contributed by atoms with E-state index in [9.17, 15) is 5.11 Å². The smallest absolute Gasteiger partial charge is 0.119 e. The Morgan fingerprint density at radius 1 is 1.18 bits per heavy atom. The number of β-amino-alcohol motifs (C(OH)–C–C–N with tert-alkyl or cyclic N) is 1. The second-order valence-corrected chi connectivity index (χ2v) is 8.74. The first kappa shape index (κ1) is 19.9. The van der Waals surface area contributed by atoms with Crippen LogP contribution in [0.5, 0.6) is 5.75 Å². The molecule has 3 atom stereocenters. The van der Waals surface area contributed by atoms with Crippen molar-refractivity contribution >= 4 is 15.9 Å². The number of benzene rings is 2. The summed E-state index contributed by atoms with van der Waals surface area (Å²) in [5, 5.41) is 10.6. The number of fused-ring (bicyclic) bond motifs is 1. The summed E-state index contributed by atoms with van der Waals surface area (Å²) in [6, 6.07) is 14.8. The van der Waals surface area contributed by atoms with E-state index in [1.807, 2.05) is 18.2 Å². The first-order valence-corrected chi connectivity index (χ1v) is 10.9. The SMILES string of the molecule is CC1C(c2ccc(Br)cc2)OCCN1CC(O)COc1ccc2c(c1)CCC2. The highest BCUT2D eigenvalue weighted by Crippen LogP contribution is 2.30. The predicted octanol–water partition coefficient (Wildman–Crippen LogP) is 4.14. The summed E-state index contributed by atoms with van der Waals surface area (Å²) in [7, 11) is 0. The maximum absolute atomic E-state index is 10.6. The number of ether oxygens (including phenoxy) is 2. The summed E-state index contributed by atoms with van der Waals surface area (Å²) in [4.78, 5) is 2.30. The minimum Gasteiger partial charge on any atom is -0.491 e. The van der Waals surface area contributed by atoms with Gasteiger partial charge in [-0.05, 0) is 67.1 Å². The Morgan fingerprint density at radius 3 is 2.79 bits per heavy atom. The number of halogens is 1. The van der Waals surface area contributed by atoms with Gasteiger partial charge in [0.25, 0.3) is 0 Å². The Labute approximate surface area is 175 Å². The molecule has 0 radical (unpaired) electrons. The Morgan fingerprint density at radius 2 is 1.96 bits per heavy atom. The molecule has 2 aromatic rings. The van der Waals surface area contributed by atoms with Crippen LogP contribution in [0.1, 0.15) is 36.1 Å². The van der Waals surface area contributed by atoms with Crippen LogP contribution in [0.15, 0.2) is 46.9 Å². The molecular formula is C23H28BrNO3. The van der Waals surface area contributed by atoms with Crippen molar-refractivity contribution in [3.8, 4) is 5.75 Å². The highest BCUT2D eigenvalue weighted by atomic mass is 79.9. The van der Waals surface area contributed by atoms with Crippen molar-refractivity contribution in [1.82, 2.24) is 4.90 Å². The third kappa shape index (κ3) is 4.60. The Bertz CT molecular complexity index is 795. The van der Waals surface area contributed by atoms with E-state index in [2.05, 4.69) is 52.0 Å². The zero-order valence-corrected chi connectivity index (χ0v) is 17.9. The van der Waals surface area contributed by atoms with Gasteiger partial charge in [-0.1, -0.05) is 34.1 Å². The zero-order valence-electron chi connectivity index (χ0n) is 16.3. The molecule has 0 aromatic heterocycles. The fraction of sp³-hybridized carbons (Fsp3) is 0.478. The van der Waals surface area contributed by atoms with E-state index in [0.29, 0.717) is 19.8 Å². The summed E-state index contributed by atoms with van der Waals surface area (Å²) in [6.07, 6.45) is 3.03. The number of hydrogen-bond acceptors (Lipinski definition) is 4. The summed E-state index contributed by atoms with van der Waals surface area (Å²) >= 11 is 3.48. The summed E-state index contributed by atoms with van der Waals surface area (Å²) in [6.45, 7) is 4.56. The molecule has 1 saturated heterocycles. The molecule has 4 rings (SSSR count). The molecule has 1 heterocycles. The van der Waals surface area contributed by atoms with Crippen molar-refractivity contribution in [3.63, 3.8) is 0 Å². The van der Waals surface area contributed by atoms with Gasteiger partial charge in [0.05, 0.1) is 12.7 Å². The van der Waals surface area contributed by atoms with Crippen molar-refractivity contribution in [2.75, 3.05) is 26.3 Å². The van der Waals surface area contributed by atoms with Crippen LogP contribution < -0.4 is 4.74 Å². The zero-order chi connectivity index (χ0) is 19.5. The highest BCUT2D eigenvalue weighted by molar-refractivity contribution is 9.10. The molecule has 0 spiro atoms. The van der Waals surface area contributed by atoms with Gasteiger partial charge >= 0.3 is 0 Å². The van der Waals surface area contributed by atoms with Crippen molar-refractivity contribution in [3.05, 3.63) is 63.6 Å². The molecule has 3 unspecified atom stereocenters. The van der Waals surface area contributed by atoms with Gasteiger partial charge in [-0.3, -0.25) is 4.90 Å². The number of rotatable bonds is 6. The lowest BCUT2D eigenvalue weighted by molar-refractivity contribution is -0.0804. The molecule has 2 aliphatic rings. The molecule has 0 bridgehead atoms. The lowest BCUT2D eigenvalue weighted by Gasteiger charge is -2.40. The third-order valence-electron chi connectivity index (χ3n) is 5.85. The van der Waals surface area contributed by atoms with Crippen molar-refractivity contribution in [1.29, 1.82) is 0 Å². The van der Waals surface area contributed by atoms with E-state index in [1.54, 1.807) is 0 Å². The standard InChI is InChI=1S/C23H28BrNO3/c1-16-23(18-5-8-20(24)9-6-18)27-12-11-25(16)14-21(26)15-28-22-10-7-17-3-2-4-19(17)13-22/h5-10,13,16,21,23,26H,2-4,11-12,14-15H2,1H3. The number of nitrogens with zero attached hydrogens (tertiary/aromatic N) is 1. The van der Waals surface area contributed by atoms with E-state index < -0.39 is 6.10 Å². The van der Waals surface area contributed by atoms with Gasteiger partial charge in [-0.2, -0.15) is 0 Å². The highest BCUT2D eigenvalue weighted by Gasteiger charge is 2.31. The topological polar surface area (TPSA) is 41.9 Å². The molecule has 1 N–H and O–H groups in total. The van der Waals surface area contributed by atoms with Crippen molar-refractivity contribution in [2.24, 2.45) is 0 Å². The Hall–Kier alpha value is -1.40. The summed E-state index contributed by atoms with van der Waals surface area (Å²) < 4.78 is 13.0. The minimum absolute atomic E-state index is 0.0201. The number of aliphatic hydroxyl groups excluding tert-OH is 1. The number of morpholine rings is 1. The van der Waals surface area contributed by atoms with Gasteiger partial charge in [0.1, 0.15) is 18.5 Å². The van der Waals surface area contributed by atoms with Crippen LogP contribution in [0.3, 0.4) is 0 Å². The molecule has 28 heavy (non-hydrogen) atoms. The van der Waals surface area contributed by atoms with Crippen molar-refractivity contribution < 1.29 is 14.6 Å². The minimum atomic E-state index is -0.528. The van der Waals surface area contributed by atoms with Gasteiger partial charge in [-0.25, -0.2) is 0 Å². The Balaban J connectivity index is 1.32. The fourth-order valence-corrected chi connectivity index (χ4v) is 4.53. The van der Waals surface area contributed by atoms with Crippen LogP contribution in [0.4, 0.5) is 0 Å². The second-order valence-electron chi connectivity index (χ2n) is 7.83. The molecule has 1 fully saturated rings. The number of aliphatic hydroxyl groups is 1. The molecule has 150 valence electrons. The monoisotopic (exact) mass is 445 g/mol. The van der Waals surface area contributed by atoms with E-state index >= 15 is 0 Å². The van der Waals surface area contributed by atoms with E-state index in [1.165, 1.54) is 29.5 Å².